The molecule has 0 aliphatic carbocycles. The van der Waals surface area contributed by atoms with E-state index >= 15 is 0 Å². The van der Waals surface area contributed by atoms with Crippen LogP contribution in [-0.2, 0) is 11.2 Å². The third kappa shape index (κ3) is 3.69. The van der Waals surface area contributed by atoms with E-state index in [0.29, 0.717) is 34.4 Å². The molecule has 0 amide bonds. The Morgan fingerprint density at radius 3 is 2.60 bits per heavy atom. The molecule has 0 aliphatic rings. The number of benzene rings is 2. The maximum atomic E-state index is 14.7. The van der Waals surface area contributed by atoms with Crippen molar-refractivity contribution in [1.82, 2.24) is 19.5 Å². The van der Waals surface area contributed by atoms with Crippen molar-refractivity contribution in [1.29, 1.82) is 0 Å². The van der Waals surface area contributed by atoms with Crippen molar-refractivity contribution >= 4 is 27.9 Å². The fourth-order valence-electron chi connectivity index (χ4n) is 4.27. The summed E-state index contributed by atoms with van der Waals surface area (Å²) in [5.41, 5.74) is 1.83. The van der Waals surface area contributed by atoms with Gasteiger partial charge >= 0.3 is 5.97 Å². The van der Waals surface area contributed by atoms with Crippen LogP contribution in [0.25, 0.3) is 38.8 Å². The topological polar surface area (TPSA) is 69.9 Å². The van der Waals surface area contributed by atoms with Gasteiger partial charge in [0.15, 0.2) is 5.82 Å². The van der Waals surface area contributed by atoms with Crippen molar-refractivity contribution in [3.8, 4) is 16.8 Å². The van der Waals surface area contributed by atoms with Gasteiger partial charge in [-0.2, -0.15) is 4.39 Å². The fourth-order valence-corrected chi connectivity index (χ4v) is 4.27. The van der Waals surface area contributed by atoms with Crippen LogP contribution in [0.4, 0.5) is 13.2 Å². The first-order chi connectivity index (χ1) is 16.9. The van der Waals surface area contributed by atoms with E-state index in [1.54, 1.807) is 28.8 Å². The zero-order chi connectivity index (χ0) is 24.7. The standard InChI is InChI=1S/C26H19F3N4O2/c1-3-5-21-32-24-17(26(34)35-2)12-14(15-8-10-31-25(29)22(15)28)13-20(24)33(21)19-9-11-30-23-16(19)6-4-7-18(23)27/h4,6-13H,3,5H2,1-2H3. The van der Waals surface area contributed by atoms with Crippen molar-refractivity contribution in [2.75, 3.05) is 7.11 Å². The predicted molar refractivity (Wildman–Crippen MR) is 125 cm³/mol. The molecule has 0 saturated carbocycles. The minimum absolute atomic E-state index is 0.0695. The van der Waals surface area contributed by atoms with Crippen LogP contribution in [0.5, 0.6) is 0 Å². The maximum absolute atomic E-state index is 14.7. The quantitative estimate of drug-likeness (QED) is 0.237. The highest BCUT2D eigenvalue weighted by molar-refractivity contribution is 6.05. The van der Waals surface area contributed by atoms with E-state index in [9.17, 15) is 18.0 Å². The van der Waals surface area contributed by atoms with E-state index in [1.807, 2.05) is 6.92 Å². The number of hydrogen-bond acceptors (Lipinski definition) is 5. The van der Waals surface area contributed by atoms with Gasteiger partial charge in [-0.25, -0.2) is 23.5 Å². The first-order valence-corrected chi connectivity index (χ1v) is 10.9. The van der Waals surface area contributed by atoms with Crippen molar-refractivity contribution in [2.24, 2.45) is 0 Å². The van der Waals surface area contributed by atoms with Crippen LogP contribution in [0.1, 0.15) is 29.5 Å². The molecule has 0 saturated heterocycles. The summed E-state index contributed by atoms with van der Waals surface area (Å²) >= 11 is 0. The van der Waals surface area contributed by atoms with Crippen molar-refractivity contribution < 1.29 is 22.7 Å². The minimum Gasteiger partial charge on any atom is -0.465 e. The number of imidazole rings is 1. The molecule has 0 atom stereocenters. The number of carbonyl (C=O) groups excluding carboxylic acids is 1. The number of esters is 1. The summed E-state index contributed by atoms with van der Waals surface area (Å²) in [6.45, 7) is 1.98. The van der Waals surface area contributed by atoms with Gasteiger partial charge < -0.3 is 4.74 Å². The minimum atomic E-state index is -1.25. The number of fused-ring (bicyclic) bond motifs is 2. The summed E-state index contributed by atoms with van der Waals surface area (Å²) in [5.74, 6) is -2.93. The highest BCUT2D eigenvalue weighted by atomic mass is 19.2. The van der Waals surface area contributed by atoms with Gasteiger partial charge in [-0.3, -0.25) is 9.55 Å². The Morgan fingerprint density at radius 1 is 1.03 bits per heavy atom. The number of ether oxygens (including phenoxy) is 1. The van der Waals surface area contributed by atoms with Crippen LogP contribution in [0.2, 0.25) is 0 Å². The second-order valence-corrected chi connectivity index (χ2v) is 7.93. The Labute approximate surface area is 198 Å². The lowest BCUT2D eigenvalue weighted by molar-refractivity contribution is 0.0603. The molecule has 5 aromatic rings. The van der Waals surface area contributed by atoms with E-state index in [2.05, 4.69) is 9.97 Å². The molecule has 3 heterocycles. The van der Waals surface area contributed by atoms with E-state index in [-0.39, 0.29) is 22.2 Å². The first kappa shape index (κ1) is 22.5. The predicted octanol–water partition coefficient (Wildman–Crippen LogP) is 5.79. The lowest BCUT2D eigenvalue weighted by Gasteiger charge is -2.13. The summed E-state index contributed by atoms with van der Waals surface area (Å²) in [7, 11) is 1.23. The highest BCUT2D eigenvalue weighted by Crippen LogP contribution is 2.34. The Hall–Kier alpha value is -4.27. The number of aryl methyl sites for hydroxylation is 1. The number of carbonyl (C=O) groups is 1. The largest absolute Gasteiger partial charge is 0.465 e. The Morgan fingerprint density at radius 2 is 1.83 bits per heavy atom. The molecule has 5 rings (SSSR count). The van der Waals surface area contributed by atoms with Gasteiger partial charge in [-0.1, -0.05) is 19.1 Å². The Kier molecular flexibility index (Phi) is 5.68. The lowest BCUT2D eigenvalue weighted by Crippen LogP contribution is -2.05. The van der Waals surface area contributed by atoms with Crippen molar-refractivity contribution in [3.05, 3.63) is 83.8 Å². The Balaban J connectivity index is 1.92. The third-order valence-corrected chi connectivity index (χ3v) is 5.81. The molecule has 2 aromatic carbocycles. The molecule has 3 aromatic heterocycles. The molecule has 6 nitrogen and oxygen atoms in total. The molecular formula is C26H19F3N4O2. The third-order valence-electron chi connectivity index (χ3n) is 5.81. The number of rotatable bonds is 5. The first-order valence-electron chi connectivity index (χ1n) is 10.9. The van der Waals surface area contributed by atoms with Gasteiger partial charge in [0.1, 0.15) is 22.7 Å². The molecule has 9 heteroatoms. The van der Waals surface area contributed by atoms with Crippen LogP contribution < -0.4 is 0 Å². The highest BCUT2D eigenvalue weighted by Gasteiger charge is 2.23. The molecule has 0 aliphatic heterocycles. The zero-order valence-corrected chi connectivity index (χ0v) is 18.8. The number of aromatic nitrogens is 4. The van der Waals surface area contributed by atoms with Crippen molar-refractivity contribution in [2.45, 2.75) is 19.8 Å². The van der Waals surface area contributed by atoms with E-state index in [1.165, 1.54) is 31.5 Å². The SMILES string of the molecule is CCCc1nc2c(C(=O)OC)cc(-c3ccnc(F)c3F)cc2n1-c1ccnc2c(F)cccc12. The summed E-state index contributed by atoms with van der Waals surface area (Å²) in [6.07, 6.45) is 3.92. The van der Waals surface area contributed by atoms with Crippen LogP contribution in [-0.4, -0.2) is 32.6 Å². The van der Waals surface area contributed by atoms with Crippen LogP contribution in [0.15, 0.2) is 54.9 Å². The second kappa shape index (κ2) is 8.83. The van der Waals surface area contributed by atoms with E-state index in [0.717, 1.165) is 12.6 Å². The van der Waals surface area contributed by atoms with Gasteiger partial charge in [0.25, 0.3) is 0 Å². The fraction of sp³-hybridized carbons (Fsp3) is 0.154. The molecule has 0 bridgehead atoms. The molecule has 0 fully saturated rings. The van der Waals surface area contributed by atoms with Gasteiger partial charge in [-0.05, 0) is 42.3 Å². The molecule has 0 spiro atoms. The lowest BCUT2D eigenvalue weighted by atomic mass is 10.0. The molecule has 176 valence electrons. The molecule has 35 heavy (non-hydrogen) atoms. The van der Waals surface area contributed by atoms with Crippen LogP contribution in [0, 0.1) is 17.6 Å². The number of methoxy groups -OCH3 is 1. The monoisotopic (exact) mass is 476 g/mol. The van der Waals surface area contributed by atoms with Crippen LogP contribution >= 0.6 is 0 Å². The zero-order valence-electron chi connectivity index (χ0n) is 18.8. The number of pyridine rings is 2. The number of para-hydroxylation sites is 1. The van der Waals surface area contributed by atoms with Gasteiger partial charge in [0.2, 0.25) is 5.95 Å². The maximum Gasteiger partial charge on any atom is 0.340 e. The summed E-state index contributed by atoms with van der Waals surface area (Å²) < 4.78 is 49.9. The molecule has 0 unspecified atom stereocenters. The van der Waals surface area contributed by atoms with Crippen molar-refractivity contribution in [3.63, 3.8) is 0 Å². The molecule has 0 radical (unpaired) electrons. The molecular weight excluding hydrogens is 457 g/mol. The van der Waals surface area contributed by atoms with Gasteiger partial charge in [0, 0.05) is 29.8 Å². The molecule has 0 N–H and O–H groups in total. The van der Waals surface area contributed by atoms with Crippen LogP contribution in [0.3, 0.4) is 0 Å². The van der Waals surface area contributed by atoms with Gasteiger partial charge in [0.05, 0.1) is 23.9 Å². The summed E-state index contributed by atoms with van der Waals surface area (Å²) in [4.78, 5) is 25.0. The van der Waals surface area contributed by atoms with E-state index < -0.39 is 23.6 Å². The van der Waals surface area contributed by atoms with E-state index in [4.69, 9.17) is 9.72 Å². The Bertz CT molecular complexity index is 1610. The summed E-state index contributed by atoms with van der Waals surface area (Å²) in [6, 6.07) is 10.7. The second-order valence-electron chi connectivity index (χ2n) is 7.93. The smallest absolute Gasteiger partial charge is 0.340 e. The normalized spacial score (nSPS) is 11.3. The number of nitrogens with zero attached hydrogens (tertiary/aromatic N) is 4. The average Bonchev–Trinajstić information content (AvgIpc) is 3.22. The van der Waals surface area contributed by atoms with Gasteiger partial charge in [-0.15, -0.1) is 0 Å². The number of halogens is 3. The average molecular weight is 476 g/mol. The number of hydrogen-bond donors (Lipinski definition) is 0. The summed E-state index contributed by atoms with van der Waals surface area (Å²) in [5, 5.41) is 0.537.